The fourth-order valence-corrected chi connectivity index (χ4v) is 6.65. The van der Waals surface area contributed by atoms with Crippen molar-refractivity contribution in [3.05, 3.63) is 95.6 Å². The van der Waals surface area contributed by atoms with Gasteiger partial charge >= 0.3 is 5.97 Å². The van der Waals surface area contributed by atoms with E-state index in [9.17, 15) is 18.3 Å². The highest BCUT2D eigenvalue weighted by Gasteiger charge is 2.46. The number of aliphatic carboxylic acids is 1. The van der Waals surface area contributed by atoms with E-state index in [0.717, 1.165) is 22.3 Å². The number of carboxylic acid groups (broad SMARTS) is 1. The predicted molar refractivity (Wildman–Crippen MR) is 170 cm³/mol. The Hall–Kier alpha value is -4.48. The van der Waals surface area contributed by atoms with Crippen LogP contribution in [0.3, 0.4) is 0 Å². The number of ether oxygens (including phenoxy) is 1. The van der Waals surface area contributed by atoms with Crippen molar-refractivity contribution in [2.75, 3.05) is 17.0 Å². The Balaban J connectivity index is 1.55. The van der Waals surface area contributed by atoms with Crippen LogP contribution in [0, 0.1) is 19.8 Å². The van der Waals surface area contributed by atoms with E-state index >= 15 is 0 Å². The van der Waals surface area contributed by atoms with Gasteiger partial charge in [0.2, 0.25) is 11.8 Å². The van der Waals surface area contributed by atoms with E-state index in [4.69, 9.17) is 10.5 Å². The maximum absolute atomic E-state index is 13.3. The second kappa shape index (κ2) is 12.3. The van der Waals surface area contributed by atoms with Gasteiger partial charge in [-0.2, -0.15) is 4.98 Å². The number of piperidine rings is 1. The number of anilines is 2. The number of nitrogens with one attached hydrogen (secondary N) is 1. The number of carboxylic acids is 1. The first-order chi connectivity index (χ1) is 20.8. The maximum atomic E-state index is 13.3. The zero-order chi connectivity index (χ0) is 31.6. The molecule has 0 saturated carbocycles. The number of nitrogens with two attached hydrogens (primary N) is 1. The minimum Gasteiger partial charge on any atom is -0.481 e. The summed E-state index contributed by atoms with van der Waals surface area (Å²) >= 11 is 0. The molecule has 2 atom stereocenters. The van der Waals surface area contributed by atoms with Gasteiger partial charge in [0.05, 0.1) is 22.0 Å². The van der Waals surface area contributed by atoms with Crippen LogP contribution in [0.15, 0.2) is 83.8 Å². The Kier molecular flexibility index (Phi) is 8.62. The van der Waals surface area contributed by atoms with E-state index < -0.39 is 33.6 Å². The molecule has 4 aromatic rings. The van der Waals surface area contributed by atoms with Crippen molar-refractivity contribution in [2.24, 2.45) is 5.92 Å². The summed E-state index contributed by atoms with van der Waals surface area (Å²) in [7, 11) is -4.09. The number of nitrogen functional groups attached to an aromatic ring is 1. The molecular formula is C33H37N5O5S. The first-order valence-corrected chi connectivity index (χ1v) is 15.8. The van der Waals surface area contributed by atoms with Gasteiger partial charge in [-0.15, -0.1) is 0 Å². The van der Waals surface area contributed by atoms with Crippen molar-refractivity contribution in [3.8, 4) is 17.1 Å². The van der Waals surface area contributed by atoms with E-state index in [1.54, 1.807) is 18.2 Å². The lowest BCUT2D eigenvalue weighted by Crippen LogP contribution is -2.61. The topological polar surface area (TPSA) is 148 Å². The van der Waals surface area contributed by atoms with Crippen LogP contribution in [0.2, 0.25) is 0 Å². The first kappa shape index (κ1) is 31.0. The van der Waals surface area contributed by atoms with Crippen LogP contribution in [0.25, 0.3) is 11.3 Å². The second-order valence-corrected chi connectivity index (χ2v) is 13.4. The number of carbonyl (C=O) groups is 1. The highest BCUT2D eigenvalue weighted by Crippen LogP contribution is 2.37. The molecule has 0 amide bonds. The van der Waals surface area contributed by atoms with Gasteiger partial charge in [-0.1, -0.05) is 54.6 Å². The standard InChI is InChI=1S/C33H37N5O5S/c1-21-10-8-11-22(2)30(21)27-18-29(36-32(35-27)37-44(41,42)26-15-9-14-25(34)17-26)43-28-16-24(31(39)40)20-38(33(28,3)4)19-23-12-6-5-7-13-23/h5-15,17-18,24,28H,16,19-20,34H2,1-4H3,(H,39,40)(H,35,36,37). The van der Waals surface area contributed by atoms with Gasteiger partial charge in [0.1, 0.15) is 6.10 Å². The van der Waals surface area contributed by atoms with Crippen molar-refractivity contribution >= 4 is 27.6 Å². The average Bonchev–Trinajstić information content (AvgIpc) is 2.95. The molecule has 1 aliphatic heterocycles. The normalized spacial score (nSPS) is 18.5. The molecule has 4 N–H and O–H groups in total. The molecule has 11 heteroatoms. The Bertz CT molecular complexity index is 1760. The Labute approximate surface area is 258 Å². The van der Waals surface area contributed by atoms with Crippen LogP contribution in [-0.4, -0.2) is 52.5 Å². The minimum atomic E-state index is -4.09. The summed E-state index contributed by atoms with van der Waals surface area (Å²) in [5.74, 6) is -1.61. The first-order valence-electron chi connectivity index (χ1n) is 14.4. The molecule has 2 unspecified atom stereocenters. The zero-order valence-corrected chi connectivity index (χ0v) is 26.0. The molecule has 1 fully saturated rings. The lowest BCUT2D eigenvalue weighted by molar-refractivity contribution is -0.150. The van der Waals surface area contributed by atoms with Gasteiger partial charge in [-0.25, -0.2) is 18.1 Å². The van der Waals surface area contributed by atoms with E-state index in [2.05, 4.69) is 19.6 Å². The van der Waals surface area contributed by atoms with Gasteiger partial charge in [0.25, 0.3) is 10.0 Å². The van der Waals surface area contributed by atoms with E-state index in [1.807, 2.05) is 76.2 Å². The van der Waals surface area contributed by atoms with Gasteiger partial charge in [0.15, 0.2) is 0 Å². The molecule has 1 aliphatic rings. The van der Waals surface area contributed by atoms with E-state index in [-0.39, 0.29) is 23.1 Å². The molecule has 230 valence electrons. The molecule has 3 aromatic carbocycles. The summed E-state index contributed by atoms with van der Waals surface area (Å²) in [5.41, 5.74) is 9.78. The number of aryl methyl sites for hydroxylation is 2. The number of likely N-dealkylation sites (tertiary alicyclic amines) is 1. The zero-order valence-electron chi connectivity index (χ0n) is 25.2. The van der Waals surface area contributed by atoms with Crippen LogP contribution >= 0.6 is 0 Å². The highest BCUT2D eigenvalue weighted by atomic mass is 32.2. The molecule has 0 bridgehead atoms. The smallest absolute Gasteiger partial charge is 0.307 e. The quantitative estimate of drug-likeness (QED) is 0.214. The predicted octanol–water partition coefficient (Wildman–Crippen LogP) is 5.28. The van der Waals surface area contributed by atoms with Gasteiger partial charge in [-0.3, -0.25) is 9.69 Å². The molecule has 0 aliphatic carbocycles. The Morgan fingerprint density at radius 3 is 2.36 bits per heavy atom. The molecule has 0 radical (unpaired) electrons. The number of benzene rings is 3. The van der Waals surface area contributed by atoms with E-state index in [0.29, 0.717) is 24.5 Å². The van der Waals surface area contributed by atoms with Gasteiger partial charge in [0, 0.05) is 36.8 Å². The van der Waals surface area contributed by atoms with Crippen molar-refractivity contribution < 1.29 is 23.1 Å². The fraction of sp³-hybridized carbons (Fsp3) is 0.303. The summed E-state index contributed by atoms with van der Waals surface area (Å²) in [6.07, 6.45) is -0.332. The van der Waals surface area contributed by atoms with Gasteiger partial charge in [-0.05, 0) is 62.6 Å². The lowest BCUT2D eigenvalue weighted by Gasteiger charge is -2.49. The molecule has 0 spiro atoms. The van der Waals surface area contributed by atoms with Crippen LogP contribution < -0.4 is 15.2 Å². The molecule has 10 nitrogen and oxygen atoms in total. The van der Waals surface area contributed by atoms with E-state index in [1.165, 1.54) is 12.1 Å². The third kappa shape index (κ3) is 6.68. The fourth-order valence-electron chi connectivity index (χ4n) is 5.65. The minimum absolute atomic E-state index is 0.0321. The van der Waals surface area contributed by atoms with Crippen LogP contribution in [0.1, 0.15) is 37.0 Å². The molecule has 1 saturated heterocycles. The van der Waals surface area contributed by atoms with Crippen molar-refractivity contribution in [1.29, 1.82) is 0 Å². The number of aromatic nitrogens is 2. The number of hydrogen-bond acceptors (Lipinski definition) is 8. The third-order valence-electron chi connectivity index (χ3n) is 8.20. The van der Waals surface area contributed by atoms with Crippen LogP contribution in [-0.2, 0) is 21.4 Å². The van der Waals surface area contributed by atoms with Gasteiger partial charge < -0.3 is 15.6 Å². The summed E-state index contributed by atoms with van der Waals surface area (Å²) in [4.78, 5) is 23.4. The summed E-state index contributed by atoms with van der Waals surface area (Å²) in [6, 6.07) is 23.3. The average molecular weight is 616 g/mol. The molecule has 44 heavy (non-hydrogen) atoms. The molecular weight excluding hydrogens is 578 g/mol. The molecule has 5 rings (SSSR count). The maximum Gasteiger partial charge on any atom is 0.307 e. The lowest BCUT2D eigenvalue weighted by atomic mass is 9.81. The van der Waals surface area contributed by atoms with Crippen molar-refractivity contribution in [2.45, 2.75) is 57.2 Å². The largest absolute Gasteiger partial charge is 0.481 e. The number of sulfonamides is 1. The number of hydrogen-bond donors (Lipinski definition) is 3. The molecule has 1 aromatic heterocycles. The van der Waals surface area contributed by atoms with Crippen molar-refractivity contribution in [3.63, 3.8) is 0 Å². The number of nitrogens with zero attached hydrogens (tertiary/aromatic N) is 3. The summed E-state index contributed by atoms with van der Waals surface area (Å²) in [5, 5.41) is 10.0. The highest BCUT2D eigenvalue weighted by molar-refractivity contribution is 7.92. The summed E-state index contributed by atoms with van der Waals surface area (Å²) < 4.78 is 35.6. The Morgan fingerprint density at radius 2 is 1.70 bits per heavy atom. The van der Waals surface area contributed by atoms with Crippen LogP contribution in [0.4, 0.5) is 11.6 Å². The second-order valence-electron chi connectivity index (χ2n) is 11.8. The molecule has 2 heterocycles. The number of rotatable bonds is 9. The Morgan fingerprint density at radius 1 is 1.02 bits per heavy atom. The third-order valence-corrected chi connectivity index (χ3v) is 9.53. The van der Waals surface area contributed by atoms with Crippen LogP contribution in [0.5, 0.6) is 5.88 Å². The monoisotopic (exact) mass is 615 g/mol. The SMILES string of the molecule is Cc1cccc(C)c1-c1cc(OC2CC(C(=O)O)CN(Cc3ccccc3)C2(C)C)nc(NS(=O)(=O)c2cccc(N)c2)n1. The van der Waals surface area contributed by atoms with Crippen molar-refractivity contribution in [1.82, 2.24) is 14.9 Å². The summed E-state index contributed by atoms with van der Waals surface area (Å²) in [6.45, 7) is 8.85.